The van der Waals surface area contributed by atoms with Gasteiger partial charge in [0.2, 0.25) is 5.91 Å². The molecule has 1 unspecified atom stereocenters. The average molecular weight is 541 g/mol. The number of benzene rings is 2. The van der Waals surface area contributed by atoms with Crippen LogP contribution in [0.15, 0.2) is 66.2 Å². The van der Waals surface area contributed by atoms with Crippen molar-refractivity contribution in [3.63, 3.8) is 0 Å². The van der Waals surface area contributed by atoms with Crippen molar-refractivity contribution >= 4 is 22.5 Å². The summed E-state index contributed by atoms with van der Waals surface area (Å²) < 4.78 is 49.9. The summed E-state index contributed by atoms with van der Waals surface area (Å²) >= 11 is 0. The van der Waals surface area contributed by atoms with Gasteiger partial charge in [-0.3, -0.25) is 19.1 Å². The Labute approximate surface area is 220 Å². The number of hydrogen-bond donors (Lipinski definition) is 1. The van der Waals surface area contributed by atoms with E-state index in [1.807, 2.05) is 4.90 Å². The van der Waals surface area contributed by atoms with Crippen molar-refractivity contribution < 1.29 is 27.4 Å². The van der Waals surface area contributed by atoms with E-state index in [2.05, 4.69) is 25.0 Å². The first-order valence-corrected chi connectivity index (χ1v) is 12.0. The zero-order valence-corrected chi connectivity index (χ0v) is 20.7. The molecular weight excluding hydrogens is 517 g/mol. The topological polar surface area (TPSA) is 111 Å². The van der Waals surface area contributed by atoms with Crippen molar-refractivity contribution in [1.82, 2.24) is 24.4 Å². The summed E-state index contributed by atoms with van der Waals surface area (Å²) in [5, 5.41) is 2.82. The zero-order chi connectivity index (χ0) is 27.6. The molecule has 39 heavy (non-hydrogen) atoms. The summed E-state index contributed by atoms with van der Waals surface area (Å²) in [6.45, 7) is 3.58. The first kappa shape index (κ1) is 26.3. The molecule has 1 amide bonds. The summed E-state index contributed by atoms with van der Waals surface area (Å²) in [4.78, 5) is 40.5. The summed E-state index contributed by atoms with van der Waals surface area (Å²) in [5.74, 6) is -1.13. The van der Waals surface area contributed by atoms with Crippen molar-refractivity contribution in [2.75, 3.05) is 31.6 Å². The molecule has 0 spiro atoms. The van der Waals surface area contributed by atoms with Gasteiger partial charge in [-0.1, -0.05) is 6.07 Å². The second kappa shape index (κ2) is 10.8. The molecule has 1 N–H and O–H groups in total. The molecule has 4 aromatic rings. The average Bonchev–Trinajstić information content (AvgIpc) is 2.94. The van der Waals surface area contributed by atoms with Gasteiger partial charge in [-0.05, 0) is 42.8 Å². The Hall–Kier alpha value is -4.36. The van der Waals surface area contributed by atoms with Gasteiger partial charge in [0.1, 0.15) is 12.7 Å². The fourth-order valence-electron chi connectivity index (χ4n) is 4.28. The standard InChI is InChI=1S/C26H23F3N6O4/c1-16(34-6-8-38-9-7-34)24(36)33-22-11-19(3-5-23(22)39-26(27,28)29)35-15-32-21-10-17(2-4-20(21)25(35)37)18-12-30-14-31-13-18/h2-5,10-16H,6-9H2,1H3,(H,33,36). The monoisotopic (exact) mass is 540 g/mol. The van der Waals surface area contributed by atoms with Crippen molar-refractivity contribution in [3.05, 3.63) is 71.8 Å². The molecule has 5 rings (SSSR count). The SMILES string of the molecule is CC(C(=O)Nc1cc(-n2cnc3cc(-c4cncnc4)ccc3c2=O)ccc1OC(F)(F)F)N1CCOCC1. The number of alkyl halides is 3. The predicted octanol–water partition coefficient (Wildman–Crippen LogP) is 3.40. The van der Waals surface area contributed by atoms with Crippen LogP contribution < -0.4 is 15.6 Å². The smallest absolute Gasteiger partial charge is 0.404 e. The highest BCUT2D eigenvalue weighted by molar-refractivity contribution is 5.96. The number of carbonyl (C=O) groups excluding carboxylic acids is 1. The van der Waals surface area contributed by atoms with Gasteiger partial charge in [0.15, 0.2) is 5.75 Å². The Balaban J connectivity index is 1.49. The van der Waals surface area contributed by atoms with Crippen LogP contribution in [0.5, 0.6) is 5.75 Å². The highest BCUT2D eigenvalue weighted by Crippen LogP contribution is 2.32. The van der Waals surface area contributed by atoms with Gasteiger partial charge < -0.3 is 14.8 Å². The molecule has 1 aliphatic heterocycles. The van der Waals surface area contributed by atoms with E-state index in [0.29, 0.717) is 37.2 Å². The molecule has 0 radical (unpaired) electrons. The number of halogens is 3. The third kappa shape index (κ3) is 5.89. The van der Waals surface area contributed by atoms with Crippen LogP contribution in [-0.2, 0) is 9.53 Å². The fraction of sp³-hybridized carbons (Fsp3) is 0.269. The van der Waals surface area contributed by atoms with Crippen LogP contribution in [0.3, 0.4) is 0 Å². The van der Waals surface area contributed by atoms with Crippen molar-refractivity contribution in [2.24, 2.45) is 0 Å². The van der Waals surface area contributed by atoms with Crippen LogP contribution in [0.4, 0.5) is 18.9 Å². The highest BCUT2D eigenvalue weighted by atomic mass is 19.4. The summed E-state index contributed by atoms with van der Waals surface area (Å²) in [6.07, 6.45) is 0.967. The lowest BCUT2D eigenvalue weighted by molar-refractivity contribution is -0.274. The number of amides is 1. The normalized spacial score (nSPS) is 15.2. The minimum Gasteiger partial charge on any atom is -0.404 e. The van der Waals surface area contributed by atoms with Crippen LogP contribution in [0.1, 0.15) is 6.92 Å². The Morgan fingerprint density at radius 1 is 1.08 bits per heavy atom. The lowest BCUT2D eigenvalue weighted by Crippen LogP contribution is -2.47. The number of nitrogens with one attached hydrogen (secondary N) is 1. The molecular formula is C26H23F3N6O4. The molecule has 2 aromatic carbocycles. The van der Waals surface area contributed by atoms with E-state index in [1.165, 1.54) is 29.4 Å². The minimum absolute atomic E-state index is 0.193. The predicted molar refractivity (Wildman–Crippen MR) is 136 cm³/mol. The van der Waals surface area contributed by atoms with Crippen LogP contribution in [0.2, 0.25) is 0 Å². The summed E-state index contributed by atoms with van der Waals surface area (Å²) in [5.41, 5.74) is 1.44. The molecule has 202 valence electrons. The van der Waals surface area contributed by atoms with Gasteiger partial charge in [-0.15, -0.1) is 13.2 Å². The van der Waals surface area contributed by atoms with Gasteiger partial charge in [0.25, 0.3) is 5.56 Å². The number of anilines is 1. The molecule has 2 aromatic heterocycles. The maximum Gasteiger partial charge on any atom is 0.573 e. The van der Waals surface area contributed by atoms with E-state index < -0.39 is 29.6 Å². The quantitative estimate of drug-likeness (QED) is 0.396. The second-order valence-electron chi connectivity index (χ2n) is 8.82. The first-order valence-electron chi connectivity index (χ1n) is 12.0. The first-order chi connectivity index (χ1) is 18.7. The lowest BCUT2D eigenvalue weighted by atomic mass is 10.1. The number of morpholine rings is 1. The van der Waals surface area contributed by atoms with Crippen molar-refractivity contribution in [1.29, 1.82) is 0 Å². The maximum atomic E-state index is 13.3. The molecule has 3 heterocycles. The largest absolute Gasteiger partial charge is 0.573 e. The minimum atomic E-state index is -4.99. The van der Waals surface area contributed by atoms with E-state index in [0.717, 1.165) is 17.2 Å². The second-order valence-corrected chi connectivity index (χ2v) is 8.82. The third-order valence-electron chi connectivity index (χ3n) is 6.35. The molecule has 1 fully saturated rings. The van der Waals surface area contributed by atoms with E-state index in [9.17, 15) is 22.8 Å². The fourth-order valence-corrected chi connectivity index (χ4v) is 4.28. The van der Waals surface area contributed by atoms with E-state index in [1.54, 1.807) is 37.5 Å². The van der Waals surface area contributed by atoms with Gasteiger partial charge >= 0.3 is 6.36 Å². The Kier molecular flexibility index (Phi) is 7.26. The molecule has 0 saturated carbocycles. The molecule has 13 heteroatoms. The number of rotatable bonds is 6. The lowest BCUT2D eigenvalue weighted by Gasteiger charge is -2.31. The molecule has 10 nitrogen and oxygen atoms in total. The number of fused-ring (bicyclic) bond motifs is 1. The maximum absolute atomic E-state index is 13.3. The molecule has 1 aliphatic rings. The van der Waals surface area contributed by atoms with Gasteiger partial charge in [-0.2, -0.15) is 0 Å². The summed E-state index contributed by atoms with van der Waals surface area (Å²) in [7, 11) is 0. The van der Waals surface area contributed by atoms with Crippen LogP contribution in [-0.4, -0.2) is 69.0 Å². The van der Waals surface area contributed by atoms with E-state index >= 15 is 0 Å². The molecule has 1 atom stereocenters. The van der Waals surface area contributed by atoms with E-state index in [-0.39, 0.29) is 11.4 Å². The zero-order valence-electron chi connectivity index (χ0n) is 20.7. The number of nitrogens with zero attached hydrogens (tertiary/aromatic N) is 5. The van der Waals surface area contributed by atoms with Gasteiger partial charge in [0.05, 0.1) is 41.5 Å². The number of hydrogen-bond acceptors (Lipinski definition) is 8. The number of carbonyl (C=O) groups is 1. The van der Waals surface area contributed by atoms with Gasteiger partial charge in [-0.25, -0.2) is 15.0 Å². The van der Waals surface area contributed by atoms with Crippen molar-refractivity contribution in [2.45, 2.75) is 19.3 Å². The molecule has 0 aliphatic carbocycles. The Morgan fingerprint density at radius 2 is 1.82 bits per heavy atom. The summed E-state index contributed by atoms with van der Waals surface area (Å²) in [6, 6.07) is 8.00. The number of ether oxygens (including phenoxy) is 2. The van der Waals surface area contributed by atoms with Gasteiger partial charge in [0, 0.05) is 31.0 Å². The van der Waals surface area contributed by atoms with Crippen LogP contribution in [0, 0.1) is 0 Å². The molecule has 1 saturated heterocycles. The molecule has 0 bridgehead atoms. The highest BCUT2D eigenvalue weighted by Gasteiger charge is 2.33. The van der Waals surface area contributed by atoms with Crippen molar-refractivity contribution in [3.8, 4) is 22.6 Å². The Bertz CT molecular complexity index is 1560. The van der Waals surface area contributed by atoms with E-state index in [4.69, 9.17) is 4.74 Å². The third-order valence-corrected chi connectivity index (χ3v) is 6.35. The van der Waals surface area contributed by atoms with Crippen LogP contribution in [0.25, 0.3) is 27.7 Å². The number of aromatic nitrogens is 4. The Morgan fingerprint density at radius 3 is 2.54 bits per heavy atom. The van der Waals surface area contributed by atoms with Crippen LogP contribution >= 0.6 is 0 Å².